The zero-order valence-electron chi connectivity index (χ0n) is 15.6. The molecule has 2 unspecified atom stereocenters. The summed E-state index contributed by atoms with van der Waals surface area (Å²) in [6.07, 6.45) is 5.89. The molecule has 2 aromatic rings. The molecule has 4 rings (SSSR count). The van der Waals surface area contributed by atoms with Gasteiger partial charge < -0.3 is 15.4 Å². The van der Waals surface area contributed by atoms with E-state index in [1.54, 1.807) is 0 Å². The van der Waals surface area contributed by atoms with E-state index >= 15 is 0 Å². The molecule has 1 aromatic carbocycles. The van der Waals surface area contributed by atoms with Crippen molar-refractivity contribution in [3.8, 4) is 5.75 Å². The fourth-order valence-electron chi connectivity index (χ4n) is 3.67. The topological polar surface area (TPSA) is 74.7 Å². The molecule has 27 heavy (non-hydrogen) atoms. The van der Waals surface area contributed by atoms with Crippen LogP contribution in [0.4, 0.5) is 5.69 Å². The number of hydrogen-bond donors (Lipinski definition) is 2. The van der Waals surface area contributed by atoms with Crippen molar-refractivity contribution in [1.29, 1.82) is 0 Å². The van der Waals surface area contributed by atoms with Gasteiger partial charge in [0, 0.05) is 32.0 Å². The van der Waals surface area contributed by atoms with E-state index in [1.807, 2.05) is 42.7 Å². The highest BCUT2D eigenvalue weighted by molar-refractivity contribution is 5.88. The summed E-state index contributed by atoms with van der Waals surface area (Å²) in [6, 6.07) is 9.89. The monoisotopic (exact) mass is 366 g/mol. The van der Waals surface area contributed by atoms with Crippen LogP contribution in [0, 0.1) is 0 Å². The zero-order chi connectivity index (χ0) is 18.5. The van der Waals surface area contributed by atoms with Crippen LogP contribution in [0.25, 0.3) is 0 Å². The van der Waals surface area contributed by atoms with Gasteiger partial charge in [0.15, 0.2) is 0 Å². The van der Waals surface area contributed by atoms with Gasteiger partial charge in [-0.1, -0.05) is 25.5 Å². The van der Waals surface area contributed by atoms with Gasteiger partial charge in [0.05, 0.1) is 12.2 Å². The zero-order valence-corrected chi connectivity index (χ0v) is 15.6. The fourth-order valence-corrected chi connectivity index (χ4v) is 3.67. The van der Waals surface area contributed by atoms with Crippen LogP contribution >= 0.6 is 0 Å². The first-order valence-corrected chi connectivity index (χ1v) is 9.64. The lowest BCUT2D eigenvalue weighted by Gasteiger charge is -2.41. The summed E-state index contributed by atoms with van der Waals surface area (Å²) in [5.74, 6) is 2.58. The molecule has 1 fully saturated rings. The van der Waals surface area contributed by atoms with Gasteiger partial charge in [0.25, 0.3) is 0 Å². The van der Waals surface area contributed by atoms with Gasteiger partial charge >= 0.3 is 0 Å². The van der Waals surface area contributed by atoms with E-state index in [-0.39, 0.29) is 12.2 Å². The van der Waals surface area contributed by atoms with Crippen LogP contribution in [0.3, 0.4) is 0 Å². The maximum atomic E-state index is 5.87. The average molecular weight is 366 g/mol. The number of hydrogen-bond acceptors (Lipinski definition) is 7. The van der Waals surface area contributed by atoms with Crippen LogP contribution in [-0.2, 0) is 0 Å². The molecule has 1 aromatic heterocycles. The molecular weight excluding hydrogens is 340 g/mol. The highest BCUT2D eigenvalue weighted by Gasteiger charge is 2.32. The Hall–Kier alpha value is -2.51. The minimum atomic E-state index is 0.140. The molecule has 0 bridgehead atoms. The Morgan fingerprint density at radius 2 is 2.11 bits per heavy atom. The summed E-state index contributed by atoms with van der Waals surface area (Å²) in [4.78, 5) is 16.2. The molecule has 1 saturated heterocycles. The molecule has 0 aliphatic carbocycles. The van der Waals surface area contributed by atoms with Crippen molar-refractivity contribution in [2.45, 2.75) is 32.0 Å². The summed E-state index contributed by atoms with van der Waals surface area (Å²) < 4.78 is 5.87. The molecule has 7 heteroatoms. The third kappa shape index (κ3) is 4.09. The number of benzene rings is 1. The number of fused-ring (bicyclic) bond motifs is 1. The molecule has 0 radical (unpaired) electrons. The van der Waals surface area contributed by atoms with Crippen LogP contribution in [0.15, 0.2) is 47.7 Å². The van der Waals surface area contributed by atoms with E-state index in [2.05, 4.69) is 32.4 Å². The van der Waals surface area contributed by atoms with Gasteiger partial charge in [-0.3, -0.25) is 4.90 Å². The molecule has 2 aliphatic heterocycles. The highest BCUT2D eigenvalue weighted by atomic mass is 16.5. The predicted molar refractivity (Wildman–Crippen MR) is 105 cm³/mol. The van der Waals surface area contributed by atoms with Crippen molar-refractivity contribution in [1.82, 2.24) is 25.5 Å². The predicted octanol–water partition coefficient (Wildman–Crippen LogP) is 2.26. The van der Waals surface area contributed by atoms with Gasteiger partial charge in [0.1, 0.15) is 29.7 Å². The van der Waals surface area contributed by atoms with Gasteiger partial charge in [0.2, 0.25) is 0 Å². The van der Waals surface area contributed by atoms with Crippen LogP contribution < -0.4 is 15.4 Å². The van der Waals surface area contributed by atoms with E-state index in [0.29, 0.717) is 6.61 Å². The van der Waals surface area contributed by atoms with Gasteiger partial charge in [-0.2, -0.15) is 0 Å². The number of para-hydroxylation sites is 2. The van der Waals surface area contributed by atoms with Crippen molar-refractivity contribution < 1.29 is 4.74 Å². The fraction of sp³-hybridized carbons (Fsp3) is 0.450. The molecule has 0 spiro atoms. The number of rotatable bonds is 5. The maximum absolute atomic E-state index is 5.87. The SMILES string of the molecule is CCCC(NC1=Nc2ccccc2OC1)N1CCNCC1c1ncccn1. The molecular formula is C20H26N6O. The molecule has 2 aliphatic rings. The van der Waals surface area contributed by atoms with Gasteiger partial charge in [-0.15, -0.1) is 0 Å². The summed E-state index contributed by atoms with van der Waals surface area (Å²) in [7, 11) is 0. The van der Waals surface area contributed by atoms with E-state index in [9.17, 15) is 0 Å². The highest BCUT2D eigenvalue weighted by Crippen LogP contribution is 2.30. The molecule has 3 heterocycles. The lowest BCUT2D eigenvalue weighted by Crippen LogP contribution is -2.57. The summed E-state index contributed by atoms with van der Waals surface area (Å²) in [5.41, 5.74) is 0.879. The summed E-state index contributed by atoms with van der Waals surface area (Å²) in [6.45, 7) is 5.41. The summed E-state index contributed by atoms with van der Waals surface area (Å²) in [5, 5.41) is 7.11. The minimum absolute atomic E-state index is 0.140. The van der Waals surface area contributed by atoms with E-state index in [4.69, 9.17) is 9.73 Å². The van der Waals surface area contributed by atoms with E-state index in [0.717, 1.165) is 55.6 Å². The Bertz CT molecular complexity index is 781. The third-order valence-corrected chi connectivity index (χ3v) is 4.95. The van der Waals surface area contributed by atoms with Gasteiger partial charge in [-0.25, -0.2) is 15.0 Å². The number of nitrogens with zero attached hydrogens (tertiary/aromatic N) is 4. The maximum Gasteiger partial charge on any atom is 0.146 e. The Labute approximate surface area is 159 Å². The first kappa shape index (κ1) is 17.9. The van der Waals surface area contributed by atoms with Crippen molar-refractivity contribution in [2.75, 3.05) is 26.2 Å². The Balaban J connectivity index is 1.55. The quantitative estimate of drug-likeness (QED) is 0.846. The number of nitrogens with one attached hydrogen (secondary N) is 2. The summed E-state index contributed by atoms with van der Waals surface area (Å²) >= 11 is 0. The molecule has 142 valence electrons. The average Bonchev–Trinajstić information content (AvgIpc) is 2.74. The number of amidine groups is 1. The second-order valence-electron chi connectivity index (χ2n) is 6.83. The first-order valence-electron chi connectivity index (χ1n) is 9.64. The van der Waals surface area contributed by atoms with Crippen LogP contribution in [0.5, 0.6) is 5.75 Å². The van der Waals surface area contributed by atoms with E-state index < -0.39 is 0 Å². The third-order valence-electron chi connectivity index (χ3n) is 4.95. The Kier molecular flexibility index (Phi) is 5.60. The molecule has 0 amide bonds. The van der Waals surface area contributed by atoms with Crippen molar-refractivity contribution in [3.05, 3.63) is 48.5 Å². The number of piperazine rings is 1. The lowest BCUT2D eigenvalue weighted by molar-refractivity contribution is 0.0848. The molecule has 0 saturated carbocycles. The Morgan fingerprint density at radius 3 is 2.96 bits per heavy atom. The second kappa shape index (κ2) is 8.45. The van der Waals surface area contributed by atoms with Crippen LogP contribution in [-0.4, -0.2) is 53.1 Å². The lowest BCUT2D eigenvalue weighted by atomic mass is 10.1. The smallest absolute Gasteiger partial charge is 0.146 e. The largest absolute Gasteiger partial charge is 0.483 e. The molecule has 2 atom stereocenters. The minimum Gasteiger partial charge on any atom is -0.483 e. The van der Waals surface area contributed by atoms with Crippen molar-refractivity contribution >= 4 is 11.5 Å². The van der Waals surface area contributed by atoms with Crippen LogP contribution in [0.2, 0.25) is 0 Å². The van der Waals surface area contributed by atoms with Crippen molar-refractivity contribution in [2.24, 2.45) is 4.99 Å². The molecule has 2 N–H and O–H groups in total. The standard InChI is InChI=1S/C20H26N6O/c1-2-6-19(25-18-14-27-17-8-4-3-7-15(17)24-18)26-12-11-21-13-16(26)20-22-9-5-10-23-20/h3-5,7-10,16,19,21H,2,6,11-14H2,1H3,(H,24,25). The number of aromatic nitrogens is 2. The normalized spacial score (nSPS) is 20.9. The van der Waals surface area contributed by atoms with Crippen LogP contribution in [0.1, 0.15) is 31.6 Å². The van der Waals surface area contributed by atoms with E-state index in [1.165, 1.54) is 0 Å². The van der Waals surface area contributed by atoms with Crippen molar-refractivity contribution in [3.63, 3.8) is 0 Å². The molecule has 7 nitrogen and oxygen atoms in total. The number of aliphatic imine (C=N–C) groups is 1. The first-order chi connectivity index (χ1) is 13.3. The second-order valence-corrected chi connectivity index (χ2v) is 6.83. The number of ether oxygens (including phenoxy) is 1. The Morgan fingerprint density at radius 1 is 1.26 bits per heavy atom. The van der Waals surface area contributed by atoms with Gasteiger partial charge in [-0.05, 0) is 24.6 Å².